The highest BCUT2D eigenvalue weighted by molar-refractivity contribution is 5.69. The summed E-state index contributed by atoms with van der Waals surface area (Å²) in [7, 11) is 0. The maximum Gasteiger partial charge on any atom is 0.217 e. The lowest BCUT2D eigenvalue weighted by atomic mass is 9.79. The zero-order valence-corrected chi connectivity index (χ0v) is 15.5. The molecule has 1 aromatic heterocycles. The number of benzene rings is 1. The van der Waals surface area contributed by atoms with E-state index in [-0.39, 0.29) is 6.42 Å². The number of carbonyl (C=O) groups is 1. The molecule has 1 saturated carbocycles. The molecule has 1 aliphatic heterocycles. The van der Waals surface area contributed by atoms with E-state index >= 15 is 0 Å². The lowest BCUT2D eigenvalue weighted by Gasteiger charge is -2.43. The van der Waals surface area contributed by atoms with Crippen LogP contribution in [0.3, 0.4) is 0 Å². The number of aliphatic hydroxyl groups is 1. The van der Waals surface area contributed by atoms with Gasteiger partial charge in [-0.3, -0.25) is 0 Å². The van der Waals surface area contributed by atoms with Crippen molar-refractivity contribution in [3.63, 3.8) is 0 Å². The number of aliphatic hydroxyl groups excluding tert-OH is 1. The van der Waals surface area contributed by atoms with Crippen LogP contribution in [-0.4, -0.2) is 50.0 Å². The summed E-state index contributed by atoms with van der Waals surface area (Å²) in [6.07, 6.45) is 4.24. The highest BCUT2D eigenvalue weighted by atomic mass is 16.4. The van der Waals surface area contributed by atoms with E-state index in [1.54, 1.807) is 4.68 Å². The van der Waals surface area contributed by atoms with E-state index in [1.807, 2.05) is 31.2 Å². The van der Waals surface area contributed by atoms with Crippen LogP contribution in [-0.2, 0) is 10.3 Å². The number of aliphatic carboxylic acids is 1. The maximum absolute atomic E-state index is 11.8. The number of likely N-dealkylation sites (tertiary alicyclic amines) is 1. The summed E-state index contributed by atoms with van der Waals surface area (Å²) in [4.78, 5) is 12.7. The predicted molar refractivity (Wildman–Crippen MR) is 93.9 cm³/mol. The van der Waals surface area contributed by atoms with Crippen molar-refractivity contribution in [3.8, 4) is 5.69 Å². The highest BCUT2D eigenvalue weighted by Gasteiger charge is 2.54. The summed E-state index contributed by atoms with van der Waals surface area (Å²) in [5.74, 6) is -0.423. The number of hydrogen-bond donors (Lipinski definition) is 2. The number of aryl methyl sites for hydroxylation is 1. The Hall–Kier alpha value is -2.32. The van der Waals surface area contributed by atoms with Crippen molar-refractivity contribution in [1.29, 1.82) is 0 Å². The van der Waals surface area contributed by atoms with E-state index in [9.17, 15) is 15.0 Å². The van der Waals surface area contributed by atoms with Crippen LogP contribution < -0.4 is 10.0 Å². The van der Waals surface area contributed by atoms with Gasteiger partial charge in [-0.15, -0.1) is 5.10 Å². The molecule has 1 aromatic carbocycles. The molecule has 2 aliphatic rings. The SMILES string of the molecule is Cc1ccccc1-n1nnnc1C1([NH+]2C[C@@H](O)C[C@@H]2C(=O)[O-])CCCCC1. The van der Waals surface area contributed by atoms with Crippen molar-refractivity contribution in [2.45, 2.75) is 63.1 Å². The average molecular weight is 371 g/mol. The van der Waals surface area contributed by atoms with Crippen LogP contribution in [0.5, 0.6) is 0 Å². The van der Waals surface area contributed by atoms with Crippen LogP contribution in [0.1, 0.15) is 49.9 Å². The van der Waals surface area contributed by atoms with Gasteiger partial charge < -0.3 is 19.9 Å². The van der Waals surface area contributed by atoms with E-state index in [2.05, 4.69) is 15.5 Å². The Morgan fingerprint density at radius 1 is 1.30 bits per heavy atom. The summed E-state index contributed by atoms with van der Waals surface area (Å²) in [6, 6.07) is 7.13. The first kappa shape index (κ1) is 18.1. The molecule has 0 bridgehead atoms. The minimum atomic E-state index is -1.11. The summed E-state index contributed by atoms with van der Waals surface area (Å²) in [5, 5.41) is 34.6. The molecule has 1 aliphatic carbocycles. The summed E-state index contributed by atoms with van der Waals surface area (Å²) < 4.78 is 1.75. The van der Waals surface area contributed by atoms with Crippen molar-refractivity contribution in [3.05, 3.63) is 35.7 Å². The predicted octanol–water partition coefficient (Wildman–Crippen LogP) is -1.10. The second-order valence-corrected chi connectivity index (χ2v) is 7.83. The van der Waals surface area contributed by atoms with Gasteiger partial charge >= 0.3 is 0 Å². The number of para-hydroxylation sites is 1. The molecule has 0 amide bonds. The largest absolute Gasteiger partial charge is 0.544 e. The van der Waals surface area contributed by atoms with Crippen LogP contribution in [0.15, 0.2) is 24.3 Å². The minimum absolute atomic E-state index is 0.214. The molecule has 2 fully saturated rings. The monoisotopic (exact) mass is 371 g/mol. The standard InChI is InChI=1S/C19H25N5O3/c1-13-7-3-4-8-15(13)24-18(20-21-22-24)19(9-5-2-6-10-19)23-12-14(25)11-16(23)17(26)27/h3-4,7-8,14,16,25H,2,5-6,9-12H2,1H3,(H,26,27)/t14-,16+/m0/s1. The van der Waals surface area contributed by atoms with Crippen LogP contribution in [0.4, 0.5) is 0 Å². The topological polar surface area (TPSA) is 108 Å². The number of tetrazole rings is 1. The fraction of sp³-hybridized carbons (Fsp3) is 0.579. The molecular weight excluding hydrogens is 346 g/mol. The van der Waals surface area contributed by atoms with E-state index < -0.39 is 23.7 Å². The number of rotatable bonds is 4. The Morgan fingerprint density at radius 3 is 2.74 bits per heavy atom. The first-order valence-corrected chi connectivity index (χ1v) is 9.63. The van der Waals surface area contributed by atoms with Crippen LogP contribution >= 0.6 is 0 Å². The maximum atomic E-state index is 11.8. The molecule has 0 spiro atoms. The number of nitrogens with zero attached hydrogens (tertiary/aromatic N) is 4. The van der Waals surface area contributed by atoms with E-state index in [0.29, 0.717) is 12.4 Å². The van der Waals surface area contributed by atoms with Crippen molar-refractivity contribution in [1.82, 2.24) is 20.2 Å². The molecule has 2 N–H and O–H groups in total. The molecule has 0 radical (unpaired) electrons. The van der Waals surface area contributed by atoms with Crippen LogP contribution in [0.25, 0.3) is 5.69 Å². The number of hydrogen-bond acceptors (Lipinski definition) is 6. The van der Waals surface area contributed by atoms with Crippen molar-refractivity contribution in [2.24, 2.45) is 0 Å². The molecule has 8 heteroatoms. The molecule has 2 heterocycles. The first-order chi connectivity index (χ1) is 13.0. The molecule has 2 aromatic rings. The second-order valence-electron chi connectivity index (χ2n) is 7.83. The Morgan fingerprint density at radius 2 is 2.04 bits per heavy atom. The molecule has 1 unspecified atom stereocenters. The molecule has 3 atom stereocenters. The number of aromatic nitrogens is 4. The van der Waals surface area contributed by atoms with Gasteiger partial charge in [0, 0.05) is 19.3 Å². The Kier molecular flexibility index (Phi) is 4.69. The highest BCUT2D eigenvalue weighted by Crippen LogP contribution is 2.35. The van der Waals surface area contributed by atoms with E-state index in [0.717, 1.165) is 48.3 Å². The van der Waals surface area contributed by atoms with Gasteiger partial charge in [0.25, 0.3) is 0 Å². The number of carboxylic acid groups (broad SMARTS) is 1. The van der Waals surface area contributed by atoms with Gasteiger partial charge in [0.15, 0.2) is 5.54 Å². The van der Waals surface area contributed by atoms with Crippen LogP contribution in [0.2, 0.25) is 0 Å². The van der Waals surface area contributed by atoms with Gasteiger partial charge in [0.05, 0.1) is 11.7 Å². The Bertz CT molecular complexity index is 830. The van der Waals surface area contributed by atoms with Gasteiger partial charge in [-0.1, -0.05) is 24.6 Å². The van der Waals surface area contributed by atoms with Crippen molar-refractivity contribution < 1.29 is 19.9 Å². The summed E-state index contributed by atoms with van der Waals surface area (Å²) in [5.41, 5.74) is 1.41. The molecule has 1 saturated heterocycles. The third-order valence-electron chi connectivity index (χ3n) is 6.23. The minimum Gasteiger partial charge on any atom is -0.544 e. The zero-order valence-electron chi connectivity index (χ0n) is 15.5. The normalized spacial score (nSPS) is 27.6. The number of nitrogens with one attached hydrogen (secondary N) is 1. The number of quaternary nitrogens is 1. The molecule has 144 valence electrons. The fourth-order valence-corrected chi connectivity index (χ4v) is 4.95. The third kappa shape index (κ3) is 3.02. The second kappa shape index (κ2) is 7.01. The lowest BCUT2D eigenvalue weighted by molar-refractivity contribution is -0.970. The summed E-state index contributed by atoms with van der Waals surface area (Å²) in [6.45, 7) is 2.38. The first-order valence-electron chi connectivity index (χ1n) is 9.63. The summed E-state index contributed by atoms with van der Waals surface area (Å²) >= 11 is 0. The van der Waals surface area contributed by atoms with Gasteiger partial charge in [-0.25, -0.2) is 0 Å². The van der Waals surface area contributed by atoms with Crippen LogP contribution in [0, 0.1) is 6.92 Å². The number of carboxylic acids is 1. The molecule has 8 nitrogen and oxygen atoms in total. The van der Waals surface area contributed by atoms with Gasteiger partial charge in [-0.05, 0) is 41.8 Å². The lowest BCUT2D eigenvalue weighted by Crippen LogP contribution is -3.22. The quantitative estimate of drug-likeness (QED) is 0.706. The van der Waals surface area contributed by atoms with Gasteiger partial charge in [0.1, 0.15) is 18.7 Å². The van der Waals surface area contributed by atoms with Crippen molar-refractivity contribution in [2.75, 3.05) is 6.54 Å². The third-order valence-corrected chi connectivity index (χ3v) is 6.23. The number of carbonyl (C=O) groups excluding carboxylic acids is 1. The van der Waals surface area contributed by atoms with E-state index in [1.165, 1.54) is 0 Å². The van der Waals surface area contributed by atoms with Crippen molar-refractivity contribution >= 4 is 5.97 Å². The molecular formula is C19H25N5O3. The van der Waals surface area contributed by atoms with E-state index in [4.69, 9.17) is 0 Å². The zero-order chi connectivity index (χ0) is 19.0. The Balaban J connectivity index is 1.84. The average Bonchev–Trinajstić information content (AvgIpc) is 3.30. The van der Waals surface area contributed by atoms with Gasteiger partial charge in [0.2, 0.25) is 5.82 Å². The Labute approximate surface area is 157 Å². The molecule has 27 heavy (non-hydrogen) atoms. The molecule has 4 rings (SSSR count). The van der Waals surface area contributed by atoms with Gasteiger partial charge in [-0.2, -0.15) is 4.68 Å². The smallest absolute Gasteiger partial charge is 0.217 e. The fourth-order valence-electron chi connectivity index (χ4n) is 4.95.